The van der Waals surface area contributed by atoms with Crippen molar-refractivity contribution >= 4 is 17.3 Å². The molecule has 0 spiro atoms. The van der Waals surface area contributed by atoms with Crippen molar-refractivity contribution < 1.29 is 13.2 Å². The third-order valence-corrected chi connectivity index (χ3v) is 3.92. The topological polar surface area (TPSA) is 12.0 Å². The van der Waals surface area contributed by atoms with E-state index in [1.54, 1.807) is 6.07 Å². The average Bonchev–Trinajstić information content (AvgIpc) is 2.37. The predicted molar refractivity (Wildman–Crippen MR) is 71.5 cm³/mol. The summed E-state index contributed by atoms with van der Waals surface area (Å²) in [6.07, 6.45) is 1.64. The van der Waals surface area contributed by atoms with Crippen molar-refractivity contribution in [2.24, 2.45) is 5.92 Å². The molecule has 5 heteroatoms. The van der Waals surface area contributed by atoms with Crippen LogP contribution < -0.4 is 5.32 Å². The Morgan fingerprint density at radius 2 is 1.84 bits per heavy atom. The van der Waals surface area contributed by atoms with Gasteiger partial charge in [-0.3, -0.25) is 0 Å². The quantitative estimate of drug-likeness (QED) is 0.791. The number of anilines is 1. The Morgan fingerprint density at radius 3 is 2.47 bits per heavy atom. The molecule has 1 aliphatic carbocycles. The lowest BCUT2D eigenvalue weighted by Gasteiger charge is -2.22. The molecule has 1 aliphatic rings. The maximum atomic E-state index is 12.7. The lowest BCUT2D eigenvalue weighted by molar-refractivity contribution is -0.137. The molecule has 1 fully saturated rings. The molecule has 19 heavy (non-hydrogen) atoms. The summed E-state index contributed by atoms with van der Waals surface area (Å²) < 4.78 is 38.1. The van der Waals surface area contributed by atoms with Gasteiger partial charge in [-0.25, -0.2) is 0 Å². The van der Waals surface area contributed by atoms with E-state index in [9.17, 15) is 13.2 Å². The smallest absolute Gasteiger partial charge is 0.385 e. The van der Waals surface area contributed by atoms with Gasteiger partial charge in [0.2, 0.25) is 0 Å². The van der Waals surface area contributed by atoms with Crippen LogP contribution in [0.1, 0.15) is 37.7 Å². The molecule has 0 saturated heterocycles. The molecular formula is C14H17ClF3N. The molecule has 1 aromatic carbocycles. The minimum absolute atomic E-state index is 0.254. The van der Waals surface area contributed by atoms with E-state index in [1.807, 2.05) is 0 Å². The normalized spacial score (nSPS) is 17.5. The molecule has 0 amide bonds. The first-order valence-electron chi connectivity index (χ1n) is 6.57. The maximum absolute atomic E-state index is 12.7. The molecule has 0 aliphatic heterocycles. The fourth-order valence-electron chi connectivity index (χ4n) is 2.51. The summed E-state index contributed by atoms with van der Waals surface area (Å²) >= 11 is 5.58. The first-order chi connectivity index (χ1) is 8.97. The van der Waals surface area contributed by atoms with Crippen LogP contribution in [0.3, 0.4) is 0 Å². The molecule has 0 bridgehead atoms. The summed E-state index contributed by atoms with van der Waals surface area (Å²) in [5.41, 5.74) is -0.287. The highest BCUT2D eigenvalue weighted by Gasteiger charge is 2.33. The largest absolute Gasteiger partial charge is 0.417 e. The standard InChI is InChI=1S/C14H17ClF3N/c15-13-7-6-11(8-12(13)14(16,17)18)19-9-10-4-2-1-3-5-10/h6-8,10,19H,1-5,9H2. The van der Waals surface area contributed by atoms with E-state index < -0.39 is 11.7 Å². The van der Waals surface area contributed by atoms with Crippen molar-refractivity contribution in [1.82, 2.24) is 0 Å². The monoisotopic (exact) mass is 291 g/mol. The van der Waals surface area contributed by atoms with Gasteiger partial charge in [-0.1, -0.05) is 30.9 Å². The summed E-state index contributed by atoms with van der Waals surface area (Å²) in [6.45, 7) is 0.735. The average molecular weight is 292 g/mol. The summed E-state index contributed by atoms with van der Waals surface area (Å²) in [6, 6.07) is 3.99. The Balaban J connectivity index is 2.00. The van der Waals surface area contributed by atoms with Gasteiger partial charge in [0.25, 0.3) is 0 Å². The lowest BCUT2D eigenvalue weighted by atomic mass is 9.89. The van der Waals surface area contributed by atoms with E-state index in [4.69, 9.17) is 11.6 Å². The molecule has 1 saturated carbocycles. The van der Waals surface area contributed by atoms with E-state index in [0.29, 0.717) is 11.6 Å². The van der Waals surface area contributed by atoms with Gasteiger partial charge in [-0.05, 0) is 37.0 Å². The second kappa shape index (κ2) is 6.04. The molecule has 0 radical (unpaired) electrons. The number of hydrogen-bond acceptors (Lipinski definition) is 1. The number of alkyl halides is 3. The molecule has 1 nitrogen and oxygen atoms in total. The van der Waals surface area contributed by atoms with Crippen LogP contribution in [0.2, 0.25) is 5.02 Å². The summed E-state index contributed by atoms with van der Waals surface area (Å²) in [5.74, 6) is 0.568. The maximum Gasteiger partial charge on any atom is 0.417 e. The Morgan fingerprint density at radius 1 is 1.16 bits per heavy atom. The van der Waals surface area contributed by atoms with Gasteiger partial charge in [-0.15, -0.1) is 0 Å². The molecular weight excluding hydrogens is 275 g/mol. The van der Waals surface area contributed by atoms with E-state index in [0.717, 1.165) is 25.5 Å². The fraction of sp³-hybridized carbons (Fsp3) is 0.571. The molecule has 0 unspecified atom stereocenters. The van der Waals surface area contributed by atoms with Crippen molar-refractivity contribution in [3.63, 3.8) is 0 Å². The van der Waals surface area contributed by atoms with Gasteiger partial charge in [0.15, 0.2) is 0 Å². The molecule has 1 N–H and O–H groups in total. The third-order valence-electron chi connectivity index (χ3n) is 3.59. The van der Waals surface area contributed by atoms with Crippen LogP contribution in [0.4, 0.5) is 18.9 Å². The van der Waals surface area contributed by atoms with Crippen LogP contribution in [-0.4, -0.2) is 6.54 Å². The Kier molecular flexibility index (Phi) is 4.61. The van der Waals surface area contributed by atoms with E-state index >= 15 is 0 Å². The Hall–Kier alpha value is -0.900. The zero-order valence-electron chi connectivity index (χ0n) is 10.6. The van der Waals surface area contributed by atoms with Crippen molar-refractivity contribution in [2.75, 3.05) is 11.9 Å². The molecule has 0 heterocycles. The summed E-state index contributed by atoms with van der Waals surface area (Å²) in [7, 11) is 0. The number of halogens is 4. The number of nitrogens with one attached hydrogen (secondary N) is 1. The number of benzene rings is 1. The molecule has 2 rings (SSSR count). The van der Waals surface area contributed by atoms with Crippen LogP contribution in [0.5, 0.6) is 0 Å². The highest BCUT2D eigenvalue weighted by atomic mass is 35.5. The predicted octanol–water partition coefficient (Wildman–Crippen LogP) is 5.35. The first kappa shape index (κ1) is 14.5. The first-order valence-corrected chi connectivity index (χ1v) is 6.95. The van der Waals surface area contributed by atoms with Crippen LogP contribution in [0.15, 0.2) is 18.2 Å². The van der Waals surface area contributed by atoms with Crippen LogP contribution >= 0.6 is 11.6 Å². The fourth-order valence-corrected chi connectivity index (χ4v) is 2.73. The Labute approximate surface area is 116 Å². The van der Waals surface area contributed by atoms with Crippen molar-refractivity contribution in [3.05, 3.63) is 28.8 Å². The highest BCUT2D eigenvalue weighted by molar-refractivity contribution is 6.31. The van der Waals surface area contributed by atoms with Gasteiger partial charge in [0.05, 0.1) is 10.6 Å². The van der Waals surface area contributed by atoms with Gasteiger partial charge in [0, 0.05) is 12.2 Å². The zero-order valence-corrected chi connectivity index (χ0v) is 11.3. The third kappa shape index (κ3) is 4.03. The minimum Gasteiger partial charge on any atom is -0.385 e. The van der Waals surface area contributed by atoms with Crippen molar-refractivity contribution in [2.45, 2.75) is 38.3 Å². The Bertz CT molecular complexity index is 425. The molecule has 0 aromatic heterocycles. The summed E-state index contributed by atoms with van der Waals surface area (Å²) in [5, 5.41) is 2.84. The van der Waals surface area contributed by atoms with Crippen molar-refractivity contribution in [3.8, 4) is 0 Å². The van der Waals surface area contributed by atoms with Crippen molar-refractivity contribution in [1.29, 1.82) is 0 Å². The van der Waals surface area contributed by atoms with Crippen LogP contribution in [0, 0.1) is 5.92 Å². The SMILES string of the molecule is FC(F)(F)c1cc(NCC2CCCCC2)ccc1Cl. The summed E-state index contributed by atoms with van der Waals surface area (Å²) in [4.78, 5) is 0. The van der Waals surface area contributed by atoms with E-state index in [2.05, 4.69) is 5.32 Å². The van der Waals surface area contributed by atoms with Gasteiger partial charge >= 0.3 is 6.18 Å². The second-order valence-corrected chi connectivity index (χ2v) is 5.48. The lowest BCUT2D eigenvalue weighted by Crippen LogP contribution is -2.17. The van der Waals surface area contributed by atoms with Crippen LogP contribution in [-0.2, 0) is 6.18 Å². The number of hydrogen-bond donors (Lipinski definition) is 1. The highest BCUT2D eigenvalue weighted by Crippen LogP contribution is 2.36. The van der Waals surface area contributed by atoms with Gasteiger partial charge in [0.1, 0.15) is 0 Å². The van der Waals surface area contributed by atoms with E-state index in [1.165, 1.54) is 25.3 Å². The van der Waals surface area contributed by atoms with Crippen LogP contribution in [0.25, 0.3) is 0 Å². The zero-order chi connectivity index (χ0) is 13.9. The molecule has 106 valence electrons. The van der Waals surface area contributed by atoms with Gasteiger partial charge in [-0.2, -0.15) is 13.2 Å². The second-order valence-electron chi connectivity index (χ2n) is 5.08. The molecule has 1 aromatic rings. The minimum atomic E-state index is -4.40. The van der Waals surface area contributed by atoms with E-state index in [-0.39, 0.29) is 5.02 Å². The van der Waals surface area contributed by atoms with Gasteiger partial charge < -0.3 is 5.32 Å². The molecule has 0 atom stereocenters. The number of rotatable bonds is 3.